The molecule has 270 valence electrons. The number of pyridine rings is 2. The fourth-order valence-electron chi connectivity index (χ4n) is 8.33. The Labute approximate surface area is 330 Å². The van der Waals surface area contributed by atoms with E-state index in [0.717, 1.165) is 105 Å². The minimum absolute atomic E-state index is 0.512. The fraction of sp³-hybridized carbons (Fsp3) is 0. The van der Waals surface area contributed by atoms with Gasteiger partial charge in [0.15, 0.2) is 17.5 Å². The van der Waals surface area contributed by atoms with Gasteiger partial charge in [-0.25, -0.2) is 15.0 Å². The molecule has 0 aliphatic heterocycles. The van der Waals surface area contributed by atoms with Crippen molar-refractivity contribution in [2.75, 3.05) is 0 Å². The minimum Gasteiger partial charge on any atom is -0.455 e. The van der Waals surface area contributed by atoms with Crippen LogP contribution in [0.2, 0.25) is 0 Å². The van der Waals surface area contributed by atoms with Gasteiger partial charge in [-0.1, -0.05) is 109 Å². The van der Waals surface area contributed by atoms with E-state index >= 15 is 0 Å². The molecule has 7 heteroatoms. The molecule has 12 aromatic rings. The first-order valence-electron chi connectivity index (χ1n) is 19.1. The molecule has 0 saturated heterocycles. The largest absolute Gasteiger partial charge is 0.455 e. The van der Waals surface area contributed by atoms with Gasteiger partial charge in [0.25, 0.3) is 0 Å². The van der Waals surface area contributed by atoms with E-state index in [0.29, 0.717) is 17.5 Å². The Morgan fingerprint density at radius 1 is 0.328 bits per heavy atom. The van der Waals surface area contributed by atoms with Gasteiger partial charge in [-0.2, -0.15) is 0 Å². The van der Waals surface area contributed by atoms with Crippen LogP contribution in [0.5, 0.6) is 0 Å². The molecule has 0 atom stereocenters. The van der Waals surface area contributed by atoms with Gasteiger partial charge in [0.2, 0.25) is 0 Å². The van der Waals surface area contributed by atoms with E-state index in [4.69, 9.17) is 33.8 Å². The summed E-state index contributed by atoms with van der Waals surface area (Å²) in [6, 6.07) is 55.6. The molecule has 7 nitrogen and oxygen atoms in total. The summed E-state index contributed by atoms with van der Waals surface area (Å²) in [5, 5.41) is 6.24. The van der Waals surface area contributed by atoms with Crippen LogP contribution in [0.1, 0.15) is 0 Å². The van der Waals surface area contributed by atoms with Crippen LogP contribution in [0.15, 0.2) is 185 Å². The number of benzene rings is 7. The number of hydrogen-bond donors (Lipinski definition) is 0. The third-order valence-electron chi connectivity index (χ3n) is 11.0. The number of nitrogens with zero attached hydrogens (tertiary/aromatic N) is 5. The van der Waals surface area contributed by atoms with Crippen LogP contribution < -0.4 is 0 Å². The molecule has 0 bridgehead atoms. The summed E-state index contributed by atoms with van der Waals surface area (Å²) in [4.78, 5) is 25.2. The zero-order chi connectivity index (χ0) is 38.2. The summed E-state index contributed by atoms with van der Waals surface area (Å²) in [6.45, 7) is 0. The zero-order valence-electron chi connectivity index (χ0n) is 30.8. The second-order valence-electron chi connectivity index (χ2n) is 14.4. The normalized spacial score (nSPS) is 11.8. The van der Waals surface area contributed by atoms with Crippen LogP contribution in [-0.2, 0) is 0 Å². The molecular formula is C51H29N5O2. The smallest absolute Gasteiger partial charge is 0.166 e. The highest BCUT2D eigenvalue weighted by Gasteiger charge is 2.21. The van der Waals surface area contributed by atoms with Gasteiger partial charge in [0, 0.05) is 72.5 Å². The number of aromatic nitrogens is 5. The van der Waals surface area contributed by atoms with Crippen molar-refractivity contribution in [3.63, 3.8) is 0 Å². The number of furan rings is 2. The van der Waals surface area contributed by atoms with E-state index < -0.39 is 0 Å². The van der Waals surface area contributed by atoms with Gasteiger partial charge in [-0.15, -0.1) is 0 Å². The summed E-state index contributed by atoms with van der Waals surface area (Å²) in [5.74, 6) is 1.54. The molecule has 58 heavy (non-hydrogen) atoms. The molecule has 5 aromatic heterocycles. The van der Waals surface area contributed by atoms with E-state index in [1.54, 1.807) is 12.4 Å². The van der Waals surface area contributed by atoms with Crippen molar-refractivity contribution < 1.29 is 8.83 Å². The average Bonchev–Trinajstić information content (AvgIpc) is 3.87. The van der Waals surface area contributed by atoms with Crippen molar-refractivity contribution >= 4 is 65.7 Å². The predicted molar refractivity (Wildman–Crippen MR) is 232 cm³/mol. The lowest BCUT2D eigenvalue weighted by molar-refractivity contribution is 0.670. The molecule has 0 radical (unpaired) electrons. The second kappa shape index (κ2) is 12.8. The van der Waals surface area contributed by atoms with E-state index in [1.165, 1.54) is 0 Å². The standard InChI is InChI=1S/C51H29N5O2/c1-3-23-43-37(15-1)39-19-7-17-35(47(39)57-43)32-27-33(36-18-8-20-40-38-16-2-4-24-44(38)58-48(36)40)29-34(28-32)49-54-50(41-21-5-11-30-13-9-25-52-45(30)41)56-51(55-49)42-22-6-12-31-14-10-26-53-46(31)42/h1-29H. The topological polar surface area (TPSA) is 90.7 Å². The van der Waals surface area contributed by atoms with Crippen LogP contribution in [0.25, 0.3) is 122 Å². The fourth-order valence-corrected chi connectivity index (χ4v) is 8.33. The Kier molecular flexibility index (Phi) is 7.09. The Morgan fingerprint density at radius 3 is 1.28 bits per heavy atom. The van der Waals surface area contributed by atoms with Crippen LogP contribution in [0, 0.1) is 0 Å². The zero-order valence-corrected chi connectivity index (χ0v) is 30.8. The van der Waals surface area contributed by atoms with Crippen molar-refractivity contribution in [2.45, 2.75) is 0 Å². The molecule has 0 fully saturated rings. The molecule has 0 saturated carbocycles. The van der Waals surface area contributed by atoms with Crippen LogP contribution in [0.4, 0.5) is 0 Å². The van der Waals surface area contributed by atoms with Gasteiger partial charge in [0.1, 0.15) is 22.3 Å². The Hall–Kier alpha value is -8.03. The van der Waals surface area contributed by atoms with Crippen molar-refractivity contribution in [2.24, 2.45) is 0 Å². The summed E-state index contributed by atoms with van der Waals surface area (Å²) in [7, 11) is 0. The van der Waals surface area contributed by atoms with Crippen LogP contribution >= 0.6 is 0 Å². The third kappa shape index (κ3) is 5.11. The average molecular weight is 744 g/mol. The molecule has 12 rings (SSSR count). The van der Waals surface area contributed by atoms with Crippen molar-refractivity contribution in [3.05, 3.63) is 176 Å². The predicted octanol–water partition coefficient (Wildman–Crippen LogP) is 13.1. The van der Waals surface area contributed by atoms with Crippen molar-refractivity contribution in [1.82, 2.24) is 24.9 Å². The molecule has 0 unspecified atom stereocenters. The maximum atomic E-state index is 6.60. The summed E-state index contributed by atoms with van der Waals surface area (Å²) >= 11 is 0. The Morgan fingerprint density at radius 2 is 0.741 bits per heavy atom. The summed E-state index contributed by atoms with van der Waals surface area (Å²) < 4.78 is 13.2. The van der Waals surface area contributed by atoms with E-state index in [1.807, 2.05) is 72.8 Å². The first kappa shape index (κ1) is 32.2. The van der Waals surface area contributed by atoms with Gasteiger partial charge < -0.3 is 8.83 Å². The van der Waals surface area contributed by atoms with Crippen LogP contribution in [0.3, 0.4) is 0 Å². The molecule has 0 amide bonds. The summed E-state index contributed by atoms with van der Waals surface area (Å²) in [6.07, 6.45) is 3.60. The second-order valence-corrected chi connectivity index (χ2v) is 14.4. The lowest BCUT2D eigenvalue weighted by Crippen LogP contribution is -2.02. The first-order valence-corrected chi connectivity index (χ1v) is 19.1. The molecular weight excluding hydrogens is 715 g/mol. The van der Waals surface area contributed by atoms with E-state index in [9.17, 15) is 0 Å². The monoisotopic (exact) mass is 743 g/mol. The highest BCUT2D eigenvalue weighted by molar-refractivity contribution is 6.12. The number of fused-ring (bicyclic) bond motifs is 8. The Bertz CT molecular complexity index is 3360. The van der Waals surface area contributed by atoms with Crippen molar-refractivity contribution in [3.8, 4) is 56.4 Å². The van der Waals surface area contributed by atoms with E-state index in [-0.39, 0.29) is 0 Å². The minimum atomic E-state index is 0.512. The van der Waals surface area contributed by atoms with Gasteiger partial charge in [0.05, 0.1) is 11.0 Å². The number of hydrogen-bond acceptors (Lipinski definition) is 7. The maximum Gasteiger partial charge on any atom is 0.166 e. The summed E-state index contributed by atoms with van der Waals surface area (Å²) in [5.41, 5.74) is 11.2. The number of rotatable bonds is 5. The number of para-hydroxylation sites is 6. The van der Waals surface area contributed by atoms with Crippen LogP contribution in [-0.4, -0.2) is 24.9 Å². The van der Waals surface area contributed by atoms with Crippen molar-refractivity contribution in [1.29, 1.82) is 0 Å². The quantitative estimate of drug-likeness (QED) is 0.173. The molecule has 0 spiro atoms. The van der Waals surface area contributed by atoms with Gasteiger partial charge in [-0.05, 0) is 65.7 Å². The molecule has 0 aliphatic rings. The maximum absolute atomic E-state index is 6.60. The van der Waals surface area contributed by atoms with Gasteiger partial charge in [-0.3, -0.25) is 9.97 Å². The highest BCUT2D eigenvalue weighted by Crippen LogP contribution is 2.42. The SMILES string of the molecule is c1cnc2c(-c3nc(-c4cc(-c5cccc6c5oc5ccccc56)cc(-c5cccc6c5oc5ccccc56)c4)nc(-c4cccc5cccnc45)n3)cccc2c1. The lowest BCUT2D eigenvalue weighted by Gasteiger charge is -2.14. The molecule has 0 aliphatic carbocycles. The molecule has 5 heterocycles. The van der Waals surface area contributed by atoms with E-state index in [2.05, 4.69) is 91.0 Å². The molecule has 0 N–H and O–H groups in total. The third-order valence-corrected chi connectivity index (χ3v) is 11.0. The Balaban J connectivity index is 1.16. The molecule has 7 aromatic carbocycles. The lowest BCUT2D eigenvalue weighted by atomic mass is 9.94. The first-order chi connectivity index (χ1) is 28.7. The highest BCUT2D eigenvalue weighted by atomic mass is 16.3. The van der Waals surface area contributed by atoms with Gasteiger partial charge >= 0.3 is 0 Å².